The summed E-state index contributed by atoms with van der Waals surface area (Å²) in [7, 11) is 0. The van der Waals surface area contributed by atoms with Crippen LogP contribution in [-0.4, -0.2) is 24.3 Å². The van der Waals surface area contributed by atoms with Crippen molar-refractivity contribution in [2.75, 3.05) is 13.2 Å². The summed E-state index contributed by atoms with van der Waals surface area (Å²) in [4.78, 5) is 10.1. The van der Waals surface area contributed by atoms with Crippen LogP contribution in [0.4, 0.5) is 0 Å². The number of hydrogen-bond acceptors (Lipinski definition) is 4. The van der Waals surface area contributed by atoms with Gasteiger partial charge in [-0.3, -0.25) is 0 Å². The highest BCUT2D eigenvalue weighted by molar-refractivity contribution is 5.81. The SMILES string of the molecule is C=CC(=O)OCCO.C=COc1ccccc1. The van der Waals surface area contributed by atoms with Crippen LogP contribution in [0, 0.1) is 0 Å². The Hall–Kier alpha value is -2.07. The Labute approximate surface area is 101 Å². The Bertz CT molecular complexity index is 333. The van der Waals surface area contributed by atoms with Crippen LogP contribution in [0.5, 0.6) is 5.75 Å². The predicted molar refractivity (Wildman–Crippen MR) is 65.5 cm³/mol. The minimum Gasteiger partial charge on any atom is -0.466 e. The summed E-state index contributed by atoms with van der Waals surface area (Å²) in [6, 6.07) is 9.52. The molecule has 0 aliphatic rings. The lowest BCUT2D eigenvalue weighted by Crippen LogP contribution is -2.04. The largest absolute Gasteiger partial charge is 0.466 e. The minimum atomic E-state index is -0.501. The fourth-order valence-electron chi connectivity index (χ4n) is 0.800. The van der Waals surface area contributed by atoms with Crippen LogP contribution >= 0.6 is 0 Å². The Kier molecular flexibility index (Phi) is 9.18. The number of hydrogen-bond donors (Lipinski definition) is 1. The van der Waals surface area contributed by atoms with Gasteiger partial charge in [-0.1, -0.05) is 31.4 Å². The van der Waals surface area contributed by atoms with E-state index >= 15 is 0 Å². The number of rotatable bonds is 5. The Morgan fingerprint density at radius 3 is 2.41 bits per heavy atom. The lowest BCUT2D eigenvalue weighted by atomic mass is 10.3. The van der Waals surface area contributed by atoms with Gasteiger partial charge in [0.1, 0.15) is 12.4 Å². The van der Waals surface area contributed by atoms with E-state index in [9.17, 15) is 4.79 Å². The maximum atomic E-state index is 10.1. The van der Waals surface area contributed by atoms with Crippen LogP contribution in [0.2, 0.25) is 0 Å². The molecule has 0 aromatic heterocycles. The van der Waals surface area contributed by atoms with Crippen molar-refractivity contribution in [2.45, 2.75) is 0 Å². The lowest BCUT2D eigenvalue weighted by Gasteiger charge is -1.95. The van der Waals surface area contributed by atoms with E-state index in [0.29, 0.717) is 0 Å². The number of aliphatic hydroxyl groups is 1. The fraction of sp³-hybridized carbons (Fsp3) is 0.154. The van der Waals surface area contributed by atoms with Crippen molar-refractivity contribution in [1.82, 2.24) is 0 Å². The molecule has 92 valence electrons. The summed E-state index contributed by atoms with van der Waals surface area (Å²) >= 11 is 0. The van der Waals surface area contributed by atoms with Gasteiger partial charge in [0.15, 0.2) is 0 Å². The standard InChI is InChI=1S/C8H8O.C5H8O3/c1-2-9-8-6-4-3-5-7-8;1-2-5(7)8-4-3-6/h2-7H,1H2;2,6H,1,3-4H2. The molecule has 4 nitrogen and oxygen atoms in total. The van der Waals surface area contributed by atoms with Crippen molar-refractivity contribution in [2.24, 2.45) is 0 Å². The summed E-state index contributed by atoms with van der Waals surface area (Å²) < 4.78 is 9.30. The first kappa shape index (κ1) is 14.9. The van der Waals surface area contributed by atoms with Gasteiger partial charge in [-0.25, -0.2) is 4.79 Å². The van der Waals surface area contributed by atoms with Gasteiger partial charge < -0.3 is 14.6 Å². The first-order chi connectivity index (χ1) is 8.24. The normalized spacial score (nSPS) is 8.29. The van der Waals surface area contributed by atoms with Gasteiger partial charge in [0.2, 0.25) is 0 Å². The van der Waals surface area contributed by atoms with Crippen LogP contribution in [-0.2, 0) is 9.53 Å². The number of carbonyl (C=O) groups is 1. The summed E-state index contributed by atoms with van der Waals surface area (Å²) in [5.41, 5.74) is 0. The Morgan fingerprint density at radius 2 is 1.94 bits per heavy atom. The first-order valence-electron chi connectivity index (χ1n) is 4.97. The quantitative estimate of drug-likeness (QED) is 0.482. The monoisotopic (exact) mass is 236 g/mol. The molecule has 1 aromatic rings. The van der Waals surface area contributed by atoms with Crippen LogP contribution in [0.3, 0.4) is 0 Å². The number of aliphatic hydroxyl groups excluding tert-OH is 1. The molecule has 0 radical (unpaired) electrons. The van der Waals surface area contributed by atoms with E-state index in [2.05, 4.69) is 17.9 Å². The van der Waals surface area contributed by atoms with Gasteiger partial charge >= 0.3 is 5.97 Å². The summed E-state index contributed by atoms with van der Waals surface area (Å²) in [6.45, 7) is 6.50. The van der Waals surface area contributed by atoms with Crippen LogP contribution < -0.4 is 4.74 Å². The van der Waals surface area contributed by atoms with Crippen molar-refractivity contribution in [3.8, 4) is 5.75 Å². The van der Waals surface area contributed by atoms with Crippen molar-refractivity contribution in [3.63, 3.8) is 0 Å². The molecule has 0 saturated carbocycles. The van der Waals surface area contributed by atoms with Gasteiger partial charge in [-0.2, -0.15) is 0 Å². The molecule has 4 heteroatoms. The second-order valence-corrected chi connectivity index (χ2v) is 2.69. The molecule has 0 heterocycles. The molecule has 0 unspecified atom stereocenters. The smallest absolute Gasteiger partial charge is 0.330 e. The molecule has 0 spiro atoms. The van der Waals surface area contributed by atoms with Crippen LogP contribution in [0.15, 0.2) is 55.8 Å². The van der Waals surface area contributed by atoms with E-state index in [1.807, 2.05) is 30.3 Å². The molecular weight excluding hydrogens is 220 g/mol. The van der Waals surface area contributed by atoms with Crippen molar-refractivity contribution < 1.29 is 19.4 Å². The summed E-state index contributed by atoms with van der Waals surface area (Å²) in [5, 5.41) is 8.10. The molecule has 0 aliphatic heterocycles. The van der Waals surface area contributed by atoms with E-state index in [4.69, 9.17) is 9.84 Å². The van der Waals surface area contributed by atoms with Gasteiger partial charge in [0.05, 0.1) is 12.9 Å². The molecule has 17 heavy (non-hydrogen) atoms. The third kappa shape index (κ3) is 8.89. The lowest BCUT2D eigenvalue weighted by molar-refractivity contribution is -0.138. The molecule has 1 N–H and O–H groups in total. The average molecular weight is 236 g/mol. The van der Waals surface area contributed by atoms with Crippen molar-refractivity contribution in [1.29, 1.82) is 0 Å². The topological polar surface area (TPSA) is 55.8 Å². The van der Waals surface area contributed by atoms with Gasteiger partial charge in [0, 0.05) is 6.08 Å². The Balaban J connectivity index is 0.000000304. The highest BCUT2D eigenvalue weighted by Crippen LogP contribution is 2.07. The number of benzene rings is 1. The predicted octanol–water partition coefficient (Wildman–Crippen LogP) is 1.92. The fourth-order valence-corrected chi connectivity index (χ4v) is 0.800. The highest BCUT2D eigenvalue weighted by atomic mass is 16.5. The first-order valence-corrected chi connectivity index (χ1v) is 4.97. The van der Waals surface area contributed by atoms with E-state index in [1.165, 1.54) is 6.26 Å². The second-order valence-electron chi connectivity index (χ2n) is 2.69. The molecule has 1 aromatic carbocycles. The number of esters is 1. The summed E-state index contributed by atoms with van der Waals surface area (Å²) in [5.74, 6) is 0.326. The zero-order chi connectivity index (χ0) is 12.9. The third-order valence-electron chi connectivity index (χ3n) is 1.46. The van der Waals surface area contributed by atoms with E-state index in [1.54, 1.807) is 0 Å². The van der Waals surface area contributed by atoms with Gasteiger partial charge in [0.25, 0.3) is 0 Å². The van der Waals surface area contributed by atoms with Crippen molar-refractivity contribution >= 4 is 5.97 Å². The van der Waals surface area contributed by atoms with Crippen LogP contribution in [0.1, 0.15) is 0 Å². The third-order valence-corrected chi connectivity index (χ3v) is 1.46. The van der Waals surface area contributed by atoms with E-state index in [-0.39, 0.29) is 13.2 Å². The number of carbonyl (C=O) groups excluding carboxylic acids is 1. The van der Waals surface area contributed by atoms with Gasteiger partial charge in [-0.05, 0) is 12.1 Å². The van der Waals surface area contributed by atoms with E-state index < -0.39 is 5.97 Å². The molecule has 1 rings (SSSR count). The molecule has 0 saturated heterocycles. The number of para-hydroxylation sites is 1. The van der Waals surface area contributed by atoms with Crippen LogP contribution in [0.25, 0.3) is 0 Å². The van der Waals surface area contributed by atoms with Gasteiger partial charge in [-0.15, -0.1) is 0 Å². The molecule has 0 atom stereocenters. The molecule has 0 aliphatic carbocycles. The molecule has 0 bridgehead atoms. The van der Waals surface area contributed by atoms with E-state index in [0.717, 1.165) is 11.8 Å². The molecule has 0 amide bonds. The van der Waals surface area contributed by atoms with Crippen molar-refractivity contribution in [3.05, 3.63) is 55.8 Å². The molecule has 0 fully saturated rings. The second kappa shape index (κ2) is 10.4. The summed E-state index contributed by atoms with van der Waals surface area (Å²) in [6.07, 6.45) is 2.46. The maximum absolute atomic E-state index is 10.1. The molecular formula is C13H16O4. The number of ether oxygens (including phenoxy) is 2. The Morgan fingerprint density at radius 1 is 1.29 bits per heavy atom. The minimum absolute atomic E-state index is 0.0465. The zero-order valence-electron chi connectivity index (χ0n) is 9.54. The average Bonchev–Trinajstić information content (AvgIpc) is 2.38. The maximum Gasteiger partial charge on any atom is 0.330 e. The zero-order valence-corrected chi connectivity index (χ0v) is 9.54. The highest BCUT2D eigenvalue weighted by Gasteiger charge is 1.90.